The average molecular weight is 222 g/mol. The molecule has 0 atom stereocenters. The van der Waals surface area contributed by atoms with E-state index in [2.05, 4.69) is 35.9 Å². The van der Waals surface area contributed by atoms with E-state index in [1.54, 1.807) is 0 Å². The van der Waals surface area contributed by atoms with Crippen LogP contribution in [-0.2, 0) is 13.5 Å². The molecule has 1 N–H and O–H groups in total. The third-order valence-corrected chi connectivity index (χ3v) is 3.91. The topological polar surface area (TPSA) is 24.1 Å². The van der Waals surface area contributed by atoms with Gasteiger partial charge in [-0.1, -0.05) is 23.5 Å². The molecule has 2 aromatic rings. The van der Waals surface area contributed by atoms with Crippen molar-refractivity contribution < 1.29 is 9.67 Å². The van der Waals surface area contributed by atoms with E-state index in [1.807, 2.05) is 11.3 Å². The zero-order valence-corrected chi connectivity index (χ0v) is 9.76. The molecule has 0 unspecified atom stereocenters. The molecule has 0 bridgehead atoms. The van der Waals surface area contributed by atoms with Crippen LogP contribution in [0.5, 0.6) is 0 Å². The lowest BCUT2D eigenvalue weighted by atomic mass is 10.2. The number of aliphatic hydroxyl groups excluding tert-OH is 1. The Morgan fingerprint density at radius 3 is 2.80 bits per heavy atom. The Morgan fingerprint density at radius 1 is 1.27 bits per heavy atom. The minimum Gasteiger partial charge on any atom is -0.396 e. The lowest BCUT2D eigenvalue weighted by Crippen LogP contribution is -2.30. The van der Waals surface area contributed by atoms with Gasteiger partial charge in [0.2, 0.25) is 10.5 Å². The van der Waals surface area contributed by atoms with E-state index in [9.17, 15) is 0 Å². The van der Waals surface area contributed by atoms with Crippen molar-refractivity contribution in [3.05, 3.63) is 29.3 Å². The van der Waals surface area contributed by atoms with Crippen molar-refractivity contribution in [2.75, 3.05) is 6.61 Å². The van der Waals surface area contributed by atoms with Gasteiger partial charge in [0.15, 0.2) is 0 Å². The van der Waals surface area contributed by atoms with Gasteiger partial charge in [0.1, 0.15) is 11.7 Å². The molecule has 1 heterocycles. The summed E-state index contributed by atoms with van der Waals surface area (Å²) < 4.78 is 3.61. The summed E-state index contributed by atoms with van der Waals surface area (Å²) in [5, 5.41) is 10.1. The normalized spacial score (nSPS) is 11.1. The molecule has 80 valence electrons. The predicted molar refractivity (Wildman–Crippen MR) is 63.0 cm³/mol. The van der Waals surface area contributed by atoms with E-state index < -0.39 is 0 Å². The van der Waals surface area contributed by atoms with Crippen molar-refractivity contribution in [1.29, 1.82) is 0 Å². The molecule has 1 aromatic heterocycles. The van der Waals surface area contributed by atoms with Crippen molar-refractivity contribution in [2.24, 2.45) is 7.05 Å². The monoisotopic (exact) mass is 222 g/mol. The van der Waals surface area contributed by atoms with Gasteiger partial charge in [0.05, 0.1) is 0 Å². The average Bonchev–Trinajstić information content (AvgIpc) is 2.57. The molecule has 0 spiro atoms. The number of nitrogens with zero attached hydrogens (tertiary/aromatic N) is 1. The Hall–Kier alpha value is -0.930. The Labute approximate surface area is 93.8 Å². The first-order valence-electron chi connectivity index (χ1n) is 5.30. The fourth-order valence-electron chi connectivity index (χ4n) is 1.76. The summed E-state index contributed by atoms with van der Waals surface area (Å²) in [5.41, 5.74) is 1.31. The molecular weight excluding hydrogens is 206 g/mol. The smallest absolute Gasteiger partial charge is 0.238 e. The first-order chi connectivity index (χ1) is 7.33. The molecule has 0 aliphatic rings. The van der Waals surface area contributed by atoms with Crippen LogP contribution in [0, 0.1) is 0 Å². The number of benzene rings is 1. The summed E-state index contributed by atoms with van der Waals surface area (Å²) in [6.07, 6.45) is 3.03. The number of hydrogen-bond donors (Lipinski definition) is 1. The van der Waals surface area contributed by atoms with Crippen molar-refractivity contribution >= 4 is 21.6 Å². The summed E-state index contributed by atoms with van der Waals surface area (Å²) >= 11 is 1.86. The molecular formula is C12H16NOS+. The molecule has 2 nitrogen and oxygen atoms in total. The van der Waals surface area contributed by atoms with Gasteiger partial charge in [0, 0.05) is 19.1 Å². The van der Waals surface area contributed by atoms with Crippen LogP contribution in [0.15, 0.2) is 24.3 Å². The van der Waals surface area contributed by atoms with Crippen LogP contribution in [0.3, 0.4) is 0 Å². The Morgan fingerprint density at radius 2 is 2.07 bits per heavy atom. The van der Waals surface area contributed by atoms with E-state index in [-0.39, 0.29) is 0 Å². The van der Waals surface area contributed by atoms with Crippen LogP contribution in [0.2, 0.25) is 0 Å². The summed E-state index contributed by atoms with van der Waals surface area (Å²) in [7, 11) is 2.12. The van der Waals surface area contributed by atoms with Gasteiger partial charge in [-0.3, -0.25) is 0 Å². The number of fused-ring (bicyclic) bond motifs is 1. The second-order valence-corrected chi connectivity index (χ2v) is 4.82. The Bertz CT molecular complexity index is 450. The van der Waals surface area contributed by atoms with Gasteiger partial charge in [-0.05, 0) is 18.9 Å². The van der Waals surface area contributed by atoms with E-state index >= 15 is 0 Å². The second-order valence-electron chi connectivity index (χ2n) is 3.70. The first-order valence-corrected chi connectivity index (χ1v) is 6.12. The quantitative estimate of drug-likeness (QED) is 0.621. The second kappa shape index (κ2) is 4.73. The Balaban J connectivity index is 2.24. The van der Waals surface area contributed by atoms with Crippen LogP contribution in [0.4, 0.5) is 0 Å². The number of aryl methyl sites for hydroxylation is 2. The van der Waals surface area contributed by atoms with Crippen LogP contribution in [0.25, 0.3) is 10.2 Å². The standard InChI is InChI=1S/C12H16NOS/c1-13-10-6-2-3-7-11(10)15-12(13)8-4-5-9-14/h2-3,6-7,14H,4-5,8-9H2,1H3/q+1. The van der Waals surface area contributed by atoms with E-state index in [4.69, 9.17) is 5.11 Å². The summed E-state index contributed by atoms with van der Waals surface area (Å²) in [6.45, 7) is 0.300. The van der Waals surface area contributed by atoms with E-state index in [0.717, 1.165) is 19.3 Å². The van der Waals surface area contributed by atoms with Gasteiger partial charge in [0.25, 0.3) is 0 Å². The maximum absolute atomic E-state index is 8.75. The van der Waals surface area contributed by atoms with Crippen LogP contribution in [0.1, 0.15) is 17.8 Å². The SMILES string of the molecule is C[n+]1c(CCCCO)sc2ccccc21. The number of rotatable bonds is 4. The predicted octanol–water partition coefficient (Wildman–Crippen LogP) is 2.04. The lowest BCUT2D eigenvalue weighted by molar-refractivity contribution is -0.648. The summed E-state index contributed by atoms with van der Waals surface area (Å²) in [4.78, 5) is 0. The highest BCUT2D eigenvalue weighted by atomic mass is 32.1. The highest BCUT2D eigenvalue weighted by Crippen LogP contribution is 2.20. The summed E-state index contributed by atoms with van der Waals surface area (Å²) in [6, 6.07) is 8.47. The number of hydrogen-bond acceptors (Lipinski definition) is 2. The highest BCUT2D eigenvalue weighted by Gasteiger charge is 2.14. The molecule has 0 amide bonds. The van der Waals surface area contributed by atoms with Crippen LogP contribution < -0.4 is 4.57 Å². The number of unbranched alkanes of at least 4 members (excludes halogenated alkanes) is 1. The lowest BCUT2D eigenvalue weighted by Gasteiger charge is -1.92. The number of aromatic nitrogens is 1. The van der Waals surface area contributed by atoms with E-state index in [1.165, 1.54) is 15.2 Å². The van der Waals surface area contributed by atoms with Gasteiger partial charge >= 0.3 is 0 Å². The molecule has 0 saturated heterocycles. The molecule has 0 fully saturated rings. The maximum Gasteiger partial charge on any atom is 0.238 e. The number of para-hydroxylation sites is 1. The van der Waals surface area contributed by atoms with Crippen molar-refractivity contribution in [1.82, 2.24) is 0 Å². The Kier molecular flexibility index (Phi) is 3.34. The van der Waals surface area contributed by atoms with Crippen LogP contribution in [-0.4, -0.2) is 11.7 Å². The number of aliphatic hydroxyl groups is 1. The molecule has 0 aliphatic heterocycles. The fourth-order valence-corrected chi connectivity index (χ4v) is 2.95. The largest absolute Gasteiger partial charge is 0.396 e. The molecule has 2 rings (SSSR count). The zero-order valence-electron chi connectivity index (χ0n) is 8.94. The molecule has 3 heteroatoms. The minimum atomic E-state index is 0.300. The van der Waals surface area contributed by atoms with Gasteiger partial charge in [-0.15, -0.1) is 0 Å². The zero-order chi connectivity index (χ0) is 10.7. The maximum atomic E-state index is 8.75. The highest BCUT2D eigenvalue weighted by molar-refractivity contribution is 7.18. The molecule has 1 aromatic carbocycles. The van der Waals surface area contributed by atoms with Crippen molar-refractivity contribution in [3.63, 3.8) is 0 Å². The third-order valence-electron chi connectivity index (χ3n) is 2.63. The molecule has 0 radical (unpaired) electrons. The summed E-state index contributed by atoms with van der Waals surface area (Å²) in [5.74, 6) is 0. The van der Waals surface area contributed by atoms with Gasteiger partial charge in [-0.25, -0.2) is 0 Å². The molecule has 15 heavy (non-hydrogen) atoms. The van der Waals surface area contributed by atoms with Crippen LogP contribution >= 0.6 is 11.3 Å². The van der Waals surface area contributed by atoms with Crippen molar-refractivity contribution in [2.45, 2.75) is 19.3 Å². The fraction of sp³-hybridized carbons (Fsp3) is 0.417. The van der Waals surface area contributed by atoms with E-state index in [0.29, 0.717) is 6.61 Å². The first kappa shape index (κ1) is 10.6. The van der Waals surface area contributed by atoms with Gasteiger partial charge < -0.3 is 5.11 Å². The molecule has 0 saturated carbocycles. The molecule has 0 aliphatic carbocycles. The van der Waals surface area contributed by atoms with Crippen molar-refractivity contribution in [3.8, 4) is 0 Å². The minimum absolute atomic E-state index is 0.300. The number of thiazole rings is 1. The third kappa shape index (κ3) is 2.19. The van der Waals surface area contributed by atoms with Gasteiger partial charge in [-0.2, -0.15) is 4.57 Å².